The zero-order chi connectivity index (χ0) is 19.2. The second-order valence-electron chi connectivity index (χ2n) is 8.34. The van der Waals surface area contributed by atoms with Crippen LogP contribution < -0.4 is 5.32 Å². The van der Waals surface area contributed by atoms with Gasteiger partial charge in [-0.15, -0.1) is 0 Å². The van der Waals surface area contributed by atoms with Crippen LogP contribution in [0.25, 0.3) is 0 Å². The van der Waals surface area contributed by atoms with Gasteiger partial charge in [-0.25, -0.2) is 0 Å². The van der Waals surface area contributed by atoms with Crippen LogP contribution in [0.5, 0.6) is 0 Å². The molecule has 2 aliphatic rings. The van der Waals surface area contributed by atoms with Crippen molar-refractivity contribution in [3.63, 3.8) is 0 Å². The molecule has 1 unspecified atom stereocenters. The highest BCUT2D eigenvalue weighted by molar-refractivity contribution is 9.10. The maximum atomic E-state index is 12.7. The summed E-state index contributed by atoms with van der Waals surface area (Å²) in [6.45, 7) is 9.96. The minimum absolute atomic E-state index is 0.0858. The van der Waals surface area contributed by atoms with E-state index >= 15 is 0 Å². The minimum Gasteiger partial charge on any atom is -0.324 e. The van der Waals surface area contributed by atoms with Crippen LogP contribution in [-0.2, 0) is 4.79 Å². The fraction of sp³-hybridized carbons (Fsp3) is 0.682. The summed E-state index contributed by atoms with van der Waals surface area (Å²) in [7, 11) is 0. The molecule has 0 radical (unpaired) electrons. The summed E-state index contributed by atoms with van der Waals surface area (Å²) in [5.74, 6) is 0.881. The molecule has 2 fully saturated rings. The average Bonchev–Trinajstić information content (AvgIpc) is 2.92. The maximum absolute atomic E-state index is 12.7. The molecule has 150 valence electrons. The van der Waals surface area contributed by atoms with Gasteiger partial charge in [0.1, 0.15) is 0 Å². The molecule has 2 saturated heterocycles. The molecule has 1 atom stereocenters. The van der Waals surface area contributed by atoms with Crippen molar-refractivity contribution >= 4 is 27.5 Å². The Hall–Kier alpha value is -0.910. The van der Waals surface area contributed by atoms with Crippen molar-refractivity contribution in [1.82, 2.24) is 9.80 Å². The number of rotatable bonds is 5. The maximum Gasteiger partial charge on any atom is 0.241 e. The second-order valence-corrected chi connectivity index (χ2v) is 9.20. The number of amides is 1. The Morgan fingerprint density at radius 2 is 1.81 bits per heavy atom. The van der Waals surface area contributed by atoms with Crippen LogP contribution in [0.3, 0.4) is 0 Å². The second kappa shape index (κ2) is 10.0. The van der Waals surface area contributed by atoms with Crippen molar-refractivity contribution in [2.24, 2.45) is 5.92 Å². The molecule has 2 aliphatic heterocycles. The molecule has 4 nitrogen and oxygen atoms in total. The van der Waals surface area contributed by atoms with Crippen molar-refractivity contribution in [1.29, 1.82) is 0 Å². The van der Waals surface area contributed by atoms with E-state index in [0.717, 1.165) is 29.2 Å². The molecule has 1 aromatic carbocycles. The van der Waals surface area contributed by atoms with Crippen LogP contribution >= 0.6 is 15.9 Å². The number of anilines is 1. The first-order chi connectivity index (χ1) is 13.0. The van der Waals surface area contributed by atoms with Crippen LogP contribution in [-0.4, -0.2) is 54.5 Å². The topological polar surface area (TPSA) is 35.6 Å². The molecular weight excluding hydrogens is 402 g/mol. The number of hydrogen-bond donors (Lipinski definition) is 1. The largest absolute Gasteiger partial charge is 0.324 e. The van der Waals surface area contributed by atoms with Gasteiger partial charge in [-0.3, -0.25) is 9.69 Å². The molecule has 1 aromatic rings. The van der Waals surface area contributed by atoms with Crippen LogP contribution in [0.15, 0.2) is 22.7 Å². The molecule has 5 heteroatoms. The Morgan fingerprint density at radius 1 is 1.15 bits per heavy atom. The number of likely N-dealkylation sites (tertiary alicyclic amines) is 2. The van der Waals surface area contributed by atoms with Crippen LogP contribution in [0.4, 0.5) is 5.69 Å². The van der Waals surface area contributed by atoms with E-state index in [9.17, 15) is 4.79 Å². The molecule has 1 amide bonds. The fourth-order valence-corrected chi connectivity index (χ4v) is 4.92. The Morgan fingerprint density at radius 3 is 2.44 bits per heavy atom. The van der Waals surface area contributed by atoms with Gasteiger partial charge in [-0.2, -0.15) is 0 Å². The highest BCUT2D eigenvalue weighted by Gasteiger charge is 2.28. The van der Waals surface area contributed by atoms with Gasteiger partial charge in [0.2, 0.25) is 5.91 Å². The molecule has 27 heavy (non-hydrogen) atoms. The number of carbonyl (C=O) groups excluding carboxylic acids is 1. The molecule has 0 aliphatic carbocycles. The average molecular weight is 436 g/mol. The first kappa shape index (κ1) is 20.8. The smallest absolute Gasteiger partial charge is 0.241 e. The van der Waals surface area contributed by atoms with Crippen molar-refractivity contribution in [3.05, 3.63) is 28.2 Å². The number of piperidine rings is 1. The van der Waals surface area contributed by atoms with Gasteiger partial charge in [-0.1, -0.05) is 18.9 Å². The first-order valence-corrected chi connectivity index (χ1v) is 11.4. The van der Waals surface area contributed by atoms with E-state index < -0.39 is 0 Å². The molecule has 0 bridgehead atoms. The summed E-state index contributed by atoms with van der Waals surface area (Å²) in [6, 6.07) is 5.95. The lowest BCUT2D eigenvalue weighted by Crippen LogP contribution is -2.47. The third kappa shape index (κ3) is 6.03. The first-order valence-electron chi connectivity index (χ1n) is 10.6. The quantitative estimate of drug-likeness (QED) is 0.729. The summed E-state index contributed by atoms with van der Waals surface area (Å²) in [6.07, 6.45) is 7.96. The third-order valence-electron chi connectivity index (χ3n) is 6.17. The number of benzene rings is 1. The summed E-state index contributed by atoms with van der Waals surface area (Å²) in [4.78, 5) is 17.7. The number of aryl methyl sites for hydroxylation is 1. The highest BCUT2D eigenvalue weighted by atomic mass is 79.9. The SMILES string of the molecule is Cc1ccc(NC(=O)C(C)N2CCC(CN3CCCCCC3)CC2)c(Br)c1. The lowest BCUT2D eigenvalue weighted by Gasteiger charge is -2.37. The Bertz CT molecular complexity index is 620. The molecule has 2 heterocycles. The van der Waals surface area contributed by atoms with Gasteiger partial charge in [-0.05, 0) is 105 Å². The lowest BCUT2D eigenvalue weighted by atomic mass is 9.95. The van der Waals surface area contributed by atoms with Crippen LogP contribution in [0.2, 0.25) is 0 Å². The van der Waals surface area contributed by atoms with E-state index in [-0.39, 0.29) is 11.9 Å². The molecule has 0 saturated carbocycles. The third-order valence-corrected chi connectivity index (χ3v) is 6.83. The molecular formula is C22H34BrN3O. The fourth-order valence-electron chi connectivity index (χ4n) is 4.33. The number of nitrogens with one attached hydrogen (secondary N) is 1. The van der Waals surface area contributed by atoms with E-state index in [0.29, 0.717) is 0 Å². The highest BCUT2D eigenvalue weighted by Crippen LogP contribution is 2.25. The summed E-state index contributed by atoms with van der Waals surface area (Å²) < 4.78 is 0.944. The Labute approximate surface area is 172 Å². The molecule has 3 rings (SSSR count). The van der Waals surface area contributed by atoms with E-state index in [1.807, 2.05) is 25.1 Å². The number of carbonyl (C=O) groups is 1. The van der Waals surface area contributed by atoms with Gasteiger partial charge in [0.05, 0.1) is 11.7 Å². The zero-order valence-corrected chi connectivity index (χ0v) is 18.4. The zero-order valence-electron chi connectivity index (χ0n) is 16.8. The van der Waals surface area contributed by atoms with E-state index in [1.54, 1.807) is 0 Å². The molecule has 0 spiro atoms. The summed E-state index contributed by atoms with van der Waals surface area (Å²) >= 11 is 3.55. The predicted octanol–water partition coefficient (Wildman–Crippen LogP) is 4.67. The molecule has 1 N–H and O–H groups in total. The van der Waals surface area contributed by atoms with Crippen molar-refractivity contribution in [2.45, 2.75) is 58.4 Å². The van der Waals surface area contributed by atoms with Crippen LogP contribution in [0, 0.1) is 12.8 Å². The predicted molar refractivity (Wildman–Crippen MR) is 116 cm³/mol. The van der Waals surface area contributed by atoms with Crippen molar-refractivity contribution < 1.29 is 4.79 Å². The Kier molecular flexibility index (Phi) is 7.74. The number of hydrogen-bond acceptors (Lipinski definition) is 3. The molecule has 0 aromatic heterocycles. The number of halogens is 1. The standard InChI is InChI=1S/C22H34BrN3O/c1-17-7-8-21(20(23)15-17)24-22(27)18(2)26-13-9-19(10-14-26)16-25-11-5-3-4-6-12-25/h7-8,15,18-19H,3-6,9-14,16H2,1-2H3,(H,24,27). The van der Waals surface area contributed by atoms with Gasteiger partial charge in [0, 0.05) is 11.0 Å². The van der Waals surface area contributed by atoms with Gasteiger partial charge >= 0.3 is 0 Å². The normalized spacial score (nSPS) is 21.6. The lowest BCUT2D eigenvalue weighted by molar-refractivity contribution is -0.121. The summed E-state index contributed by atoms with van der Waals surface area (Å²) in [5.41, 5.74) is 2.04. The van der Waals surface area contributed by atoms with Gasteiger partial charge in [0.25, 0.3) is 0 Å². The van der Waals surface area contributed by atoms with E-state index in [1.165, 1.54) is 63.7 Å². The minimum atomic E-state index is -0.0858. The van der Waals surface area contributed by atoms with E-state index in [2.05, 4.69) is 38.0 Å². The van der Waals surface area contributed by atoms with Crippen molar-refractivity contribution in [2.75, 3.05) is 38.0 Å². The van der Waals surface area contributed by atoms with Crippen molar-refractivity contribution in [3.8, 4) is 0 Å². The van der Waals surface area contributed by atoms with E-state index in [4.69, 9.17) is 0 Å². The number of nitrogens with zero attached hydrogens (tertiary/aromatic N) is 2. The van der Waals surface area contributed by atoms with Gasteiger partial charge < -0.3 is 10.2 Å². The van der Waals surface area contributed by atoms with Crippen LogP contribution in [0.1, 0.15) is 51.0 Å². The Balaban J connectivity index is 1.46. The summed E-state index contributed by atoms with van der Waals surface area (Å²) in [5, 5.41) is 3.08. The van der Waals surface area contributed by atoms with Gasteiger partial charge in [0.15, 0.2) is 0 Å². The monoisotopic (exact) mass is 435 g/mol.